The number of likely N-dealkylation sites (tertiary alicyclic amines) is 1. The average Bonchev–Trinajstić information content (AvgIpc) is 2.76. The number of pyridine rings is 1. The molecular formula is C13H18N2O. The molecular weight excluding hydrogens is 200 g/mol. The summed E-state index contributed by atoms with van der Waals surface area (Å²) in [6, 6.07) is 6.25. The van der Waals surface area contributed by atoms with Crippen LogP contribution in [0.2, 0.25) is 0 Å². The molecule has 0 amide bonds. The van der Waals surface area contributed by atoms with Crippen LogP contribution in [-0.4, -0.2) is 35.6 Å². The van der Waals surface area contributed by atoms with Crippen molar-refractivity contribution < 1.29 is 4.74 Å². The Balaban J connectivity index is 1.83. The lowest BCUT2D eigenvalue weighted by Gasteiger charge is -2.22. The molecule has 0 N–H and O–H groups in total. The van der Waals surface area contributed by atoms with Crippen LogP contribution in [0, 0.1) is 0 Å². The Morgan fingerprint density at radius 2 is 2.50 bits per heavy atom. The smallest absolute Gasteiger partial charge is 0.213 e. The molecule has 1 saturated heterocycles. The van der Waals surface area contributed by atoms with E-state index >= 15 is 0 Å². The molecule has 2 heterocycles. The molecule has 0 saturated carbocycles. The highest BCUT2D eigenvalue weighted by Gasteiger charge is 2.23. The molecule has 0 aliphatic carbocycles. The Morgan fingerprint density at radius 1 is 1.56 bits per heavy atom. The highest BCUT2D eigenvalue weighted by Crippen LogP contribution is 2.17. The summed E-state index contributed by atoms with van der Waals surface area (Å²) in [6.45, 7) is 6.62. The monoisotopic (exact) mass is 218 g/mol. The second-order valence-corrected chi connectivity index (χ2v) is 4.06. The molecule has 1 aromatic heterocycles. The summed E-state index contributed by atoms with van der Waals surface area (Å²) in [7, 11) is 0. The van der Waals surface area contributed by atoms with Gasteiger partial charge in [-0.05, 0) is 25.5 Å². The van der Waals surface area contributed by atoms with Crippen LogP contribution in [0.25, 0.3) is 0 Å². The maximum atomic E-state index is 5.68. The molecule has 3 nitrogen and oxygen atoms in total. The third-order valence-corrected chi connectivity index (χ3v) is 2.92. The van der Waals surface area contributed by atoms with Gasteiger partial charge in [0.25, 0.3) is 0 Å². The van der Waals surface area contributed by atoms with E-state index in [4.69, 9.17) is 4.74 Å². The molecule has 1 aromatic rings. The van der Waals surface area contributed by atoms with E-state index in [2.05, 4.69) is 16.5 Å². The molecule has 0 spiro atoms. The first-order valence-electron chi connectivity index (χ1n) is 5.79. The number of nitrogens with zero attached hydrogens (tertiary/aromatic N) is 2. The van der Waals surface area contributed by atoms with Gasteiger partial charge in [-0.3, -0.25) is 4.90 Å². The van der Waals surface area contributed by atoms with Crippen LogP contribution in [-0.2, 0) is 0 Å². The van der Waals surface area contributed by atoms with Crippen LogP contribution < -0.4 is 4.74 Å². The van der Waals surface area contributed by atoms with Crippen LogP contribution >= 0.6 is 0 Å². The summed E-state index contributed by atoms with van der Waals surface area (Å²) in [5, 5.41) is 0. The highest BCUT2D eigenvalue weighted by atomic mass is 16.5. The zero-order chi connectivity index (χ0) is 11.2. The van der Waals surface area contributed by atoms with E-state index in [1.54, 1.807) is 6.20 Å². The molecule has 0 unspecified atom stereocenters. The quantitative estimate of drug-likeness (QED) is 0.708. The lowest BCUT2D eigenvalue weighted by atomic mass is 10.2. The van der Waals surface area contributed by atoms with Crippen molar-refractivity contribution in [3.8, 4) is 5.88 Å². The van der Waals surface area contributed by atoms with E-state index in [9.17, 15) is 0 Å². The average molecular weight is 218 g/mol. The summed E-state index contributed by atoms with van der Waals surface area (Å²) in [4.78, 5) is 6.56. The van der Waals surface area contributed by atoms with Crippen molar-refractivity contribution in [1.82, 2.24) is 9.88 Å². The lowest BCUT2D eigenvalue weighted by molar-refractivity contribution is 0.181. The molecule has 1 atom stereocenters. The Labute approximate surface area is 96.7 Å². The van der Waals surface area contributed by atoms with E-state index < -0.39 is 0 Å². The summed E-state index contributed by atoms with van der Waals surface area (Å²) in [6.07, 6.45) is 6.18. The van der Waals surface area contributed by atoms with Crippen molar-refractivity contribution in [1.29, 1.82) is 0 Å². The largest absolute Gasteiger partial charge is 0.476 e. The number of rotatable bonds is 5. The Bertz CT molecular complexity index is 326. The summed E-state index contributed by atoms with van der Waals surface area (Å²) >= 11 is 0. The van der Waals surface area contributed by atoms with Gasteiger partial charge >= 0.3 is 0 Å². The second-order valence-electron chi connectivity index (χ2n) is 4.06. The van der Waals surface area contributed by atoms with Crippen LogP contribution in [0.1, 0.15) is 12.8 Å². The molecule has 0 aromatic carbocycles. The van der Waals surface area contributed by atoms with Crippen molar-refractivity contribution >= 4 is 0 Å². The van der Waals surface area contributed by atoms with Crippen molar-refractivity contribution in [3.63, 3.8) is 0 Å². The number of aromatic nitrogens is 1. The third kappa shape index (κ3) is 2.83. The molecule has 1 aliphatic heterocycles. The maximum absolute atomic E-state index is 5.68. The van der Waals surface area contributed by atoms with Crippen LogP contribution in [0.5, 0.6) is 5.88 Å². The van der Waals surface area contributed by atoms with Gasteiger partial charge in [-0.25, -0.2) is 4.98 Å². The van der Waals surface area contributed by atoms with Gasteiger partial charge in [0.2, 0.25) is 5.88 Å². The minimum atomic E-state index is 0.514. The van der Waals surface area contributed by atoms with Gasteiger partial charge in [0, 0.05) is 24.8 Å². The zero-order valence-electron chi connectivity index (χ0n) is 9.51. The first kappa shape index (κ1) is 11.1. The normalized spacial score (nSPS) is 20.9. The number of ether oxygens (including phenoxy) is 1. The van der Waals surface area contributed by atoms with E-state index in [-0.39, 0.29) is 0 Å². The third-order valence-electron chi connectivity index (χ3n) is 2.92. The topological polar surface area (TPSA) is 25.4 Å². The Kier molecular flexibility index (Phi) is 3.94. The predicted molar refractivity (Wildman–Crippen MR) is 64.5 cm³/mol. The van der Waals surface area contributed by atoms with Crippen molar-refractivity contribution in [2.24, 2.45) is 0 Å². The van der Waals surface area contributed by atoms with E-state index in [0.717, 1.165) is 19.7 Å². The summed E-state index contributed by atoms with van der Waals surface area (Å²) in [5.74, 6) is 0.716. The zero-order valence-corrected chi connectivity index (χ0v) is 9.51. The maximum Gasteiger partial charge on any atom is 0.213 e. The van der Waals surface area contributed by atoms with E-state index in [1.807, 2.05) is 24.3 Å². The van der Waals surface area contributed by atoms with Crippen molar-refractivity contribution in [2.45, 2.75) is 18.9 Å². The summed E-state index contributed by atoms with van der Waals surface area (Å²) < 4.78 is 5.68. The van der Waals surface area contributed by atoms with Gasteiger partial charge in [0.15, 0.2) is 0 Å². The van der Waals surface area contributed by atoms with Gasteiger partial charge in [0.05, 0.1) is 0 Å². The predicted octanol–water partition coefficient (Wildman–Crippen LogP) is 2.11. The lowest BCUT2D eigenvalue weighted by Crippen LogP contribution is -2.34. The second kappa shape index (κ2) is 5.66. The molecule has 16 heavy (non-hydrogen) atoms. The molecule has 0 radical (unpaired) electrons. The van der Waals surface area contributed by atoms with E-state index in [0.29, 0.717) is 11.9 Å². The highest BCUT2D eigenvalue weighted by molar-refractivity contribution is 5.09. The first-order valence-corrected chi connectivity index (χ1v) is 5.79. The standard InChI is InChI=1S/C13H18N2O/c1-2-9-15-10-5-6-12(15)11-16-13-7-3-4-8-14-13/h2-4,7-8,12H,1,5-6,9-11H2/t12-/m0/s1. The minimum absolute atomic E-state index is 0.514. The van der Waals surface area contributed by atoms with Crippen LogP contribution in [0.3, 0.4) is 0 Å². The molecule has 3 heteroatoms. The fourth-order valence-electron chi connectivity index (χ4n) is 2.10. The van der Waals surface area contributed by atoms with Gasteiger partial charge in [0.1, 0.15) is 6.61 Å². The SMILES string of the molecule is C=CCN1CCC[C@H]1COc1ccccn1. The van der Waals surface area contributed by atoms with Crippen molar-refractivity contribution in [2.75, 3.05) is 19.7 Å². The Morgan fingerprint density at radius 3 is 3.25 bits per heavy atom. The minimum Gasteiger partial charge on any atom is -0.476 e. The van der Waals surface area contributed by atoms with E-state index in [1.165, 1.54) is 12.8 Å². The Hall–Kier alpha value is -1.35. The molecule has 1 aliphatic rings. The fourth-order valence-corrected chi connectivity index (χ4v) is 2.10. The number of hydrogen-bond acceptors (Lipinski definition) is 3. The van der Waals surface area contributed by atoms with Crippen LogP contribution in [0.4, 0.5) is 0 Å². The van der Waals surface area contributed by atoms with Crippen molar-refractivity contribution in [3.05, 3.63) is 37.1 Å². The number of hydrogen-bond donors (Lipinski definition) is 0. The molecule has 0 bridgehead atoms. The van der Waals surface area contributed by atoms with Crippen LogP contribution in [0.15, 0.2) is 37.1 Å². The van der Waals surface area contributed by atoms with Gasteiger partial charge < -0.3 is 4.74 Å². The van der Waals surface area contributed by atoms with Gasteiger partial charge in [-0.1, -0.05) is 12.1 Å². The first-order chi connectivity index (χ1) is 7.90. The van der Waals surface area contributed by atoms with Gasteiger partial charge in [-0.2, -0.15) is 0 Å². The summed E-state index contributed by atoms with van der Waals surface area (Å²) in [5.41, 5.74) is 0. The molecule has 1 fully saturated rings. The fraction of sp³-hybridized carbons (Fsp3) is 0.462. The molecule has 2 rings (SSSR count). The molecule has 86 valence electrons. The van der Waals surface area contributed by atoms with Gasteiger partial charge in [-0.15, -0.1) is 6.58 Å².